The van der Waals surface area contributed by atoms with Gasteiger partial charge >= 0.3 is 0 Å². The van der Waals surface area contributed by atoms with Gasteiger partial charge in [0.15, 0.2) is 0 Å². The van der Waals surface area contributed by atoms with Crippen molar-refractivity contribution in [3.8, 4) is 11.8 Å². The van der Waals surface area contributed by atoms with E-state index in [9.17, 15) is 5.26 Å². The lowest BCUT2D eigenvalue weighted by molar-refractivity contribution is 0.414. The Morgan fingerprint density at radius 3 is 2.60 bits per heavy atom. The Bertz CT molecular complexity index is 484. The largest absolute Gasteiger partial charge is 0.497 e. The highest BCUT2D eigenvalue weighted by molar-refractivity contribution is 5.62. The topological polar surface area (TPSA) is 36.3 Å². The maximum absolute atomic E-state index is 9.39. The molecule has 1 fully saturated rings. The van der Waals surface area contributed by atoms with E-state index in [1.807, 2.05) is 18.2 Å². The van der Waals surface area contributed by atoms with Gasteiger partial charge in [-0.25, -0.2) is 0 Å². The van der Waals surface area contributed by atoms with E-state index in [-0.39, 0.29) is 0 Å². The Kier molecular flexibility index (Phi) is 4.89. The smallest absolute Gasteiger partial charge is 0.121 e. The molecule has 1 aromatic rings. The van der Waals surface area contributed by atoms with Crippen LogP contribution >= 0.6 is 0 Å². The number of rotatable bonds is 5. The van der Waals surface area contributed by atoms with Gasteiger partial charge in [0.05, 0.1) is 18.4 Å². The average Bonchev–Trinajstić information content (AvgIpc) is 2.97. The minimum atomic E-state index is 0.566. The van der Waals surface area contributed by atoms with Gasteiger partial charge in [0, 0.05) is 18.7 Å². The molecule has 1 saturated carbocycles. The molecule has 3 heteroatoms. The molecule has 20 heavy (non-hydrogen) atoms. The number of nitrogens with zero attached hydrogens (tertiary/aromatic N) is 2. The second-order valence-electron chi connectivity index (χ2n) is 5.98. The molecule has 2 rings (SSSR count). The average molecular weight is 272 g/mol. The number of methoxy groups -OCH3 is 1. The second kappa shape index (κ2) is 6.65. The van der Waals surface area contributed by atoms with Crippen LogP contribution in [0.3, 0.4) is 0 Å². The summed E-state index contributed by atoms with van der Waals surface area (Å²) < 4.78 is 5.34. The summed E-state index contributed by atoms with van der Waals surface area (Å²) in [5.41, 5.74) is 1.78. The van der Waals surface area contributed by atoms with Crippen molar-refractivity contribution in [1.82, 2.24) is 0 Å². The Morgan fingerprint density at radius 2 is 2.05 bits per heavy atom. The molecule has 0 spiro atoms. The first-order valence-corrected chi connectivity index (χ1v) is 7.50. The van der Waals surface area contributed by atoms with Crippen LogP contribution in [0.4, 0.5) is 5.69 Å². The summed E-state index contributed by atoms with van der Waals surface area (Å²) >= 11 is 0. The van der Waals surface area contributed by atoms with Crippen molar-refractivity contribution in [2.24, 2.45) is 5.92 Å². The van der Waals surface area contributed by atoms with Crippen LogP contribution in [0.15, 0.2) is 18.2 Å². The lowest BCUT2D eigenvalue weighted by atomic mass is 10.1. The maximum atomic E-state index is 9.39. The van der Waals surface area contributed by atoms with E-state index < -0.39 is 0 Å². The fraction of sp³-hybridized carbons (Fsp3) is 0.588. The fourth-order valence-electron chi connectivity index (χ4n) is 3.02. The molecule has 1 aliphatic carbocycles. The summed E-state index contributed by atoms with van der Waals surface area (Å²) in [7, 11) is 1.67. The minimum absolute atomic E-state index is 0.566. The normalized spacial score (nSPS) is 15.3. The summed E-state index contributed by atoms with van der Waals surface area (Å²) in [6.45, 7) is 5.45. The summed E-state index contributed by atoms with van der Waals surface area (Å²) in [6, 6.07) is 8.64. The third kappa shape index (κ3) is 3.25. The zero-order valence-electron chi connectivity index (χ0n) is 12.7. The first-order valence-electron chi connectivity index (χ1n) is 7.50. The van der Waals surface area contributed by atoms with Gasteiger partial charge in [-0.05, 0) is 30.9 Å². The van der Waals surface area contributed by atoms with E-state index >= 15 is 0 Å². The van der Waals surface area contributed by atoms with Crippen LogP contribution in [0, 0.1) is 17.2 Å². The van der Waals surface area contributed by atoms with Gasteiger partial charge in [-0.3, -0.25) is 0 Å². The van der Waals surface area contributed by atoms with E-state index in [1.54, 1.807) is 7.11 Å². The third-order valence-corrected chi connectivity index (χ3v) is 3.96. The van der Waals surface area contributed by atoms with Crippen molar-refractivity contribution >= 4 is 5.69 Å². The minimum Gasteiger partial charge on any atom is -0.497 e. The zero-order valence-corrected chi connectivity index (χ0v) is 12.7. The Hall–Kier alpha value is -1.69. The number of nitriles is 1. The summed E-state index contributed by atoms with van der Waals surface area (Å²) in [5.74, 6) is 1.40. The number of hydrogen-bond donors (Lipinski definition) is 0. The molecule has 0 N–H and O–H groups in total. The van der Waals surface area contributed by atoms with Gasteiger partial charge in [0.1, 0.15) is 11.8 Å². The number of anilines is 1. The third-order valence-electron chi connectivity index (χ3n) is 3.96. The van der Waals surface area contributed by atoms with Crippen LogP contribution < -0.4 is 9.64 Å². The summed E-state index contributed by atoms with van der Waals surface area (Å²) in [5, 5.41) is 9.39. The van der Waals surface area contributed by atoms with Gasteiger partial charge in [-0.15, -0.1) is 0 Å². The SMILES string of the molecule is COc1ccc(C#N)c(N(CC(C)C)C2CCCC2)c1. The van der Waals surface area contributed by atoms with Crippen molar-refractivity contribution in [2.45, 2.75) is 45.6 Å². The molecule has 0 bridgehead atoms. The first kappa shape index (κ1) is 14.7. The molecule has 0 saturated heterocycles. The molecule has 0 aromatic heterocycles. The van der Waals surface area contributed by atoms with Crippen molar-refractivity contribution in [1.29, 1.82) is 5.26 Å². The highest BCUT2D eigenvalue weighted by Gasteiger charge is 2.25. The molecule has 1 aromatic carbocycles. The van der Waals surface area contributed by atoms with Crippen LogP contribution in [0.1, 0.15) is 45.1 Å². The summed E-state index contributed by atoms with van der Waals surface area (Å²) in [6.07, 6.45) is 5.06. The van der Waals surface area contributed by atoms with Gasteiger partial charge < -0.3 is 9.64 Å². The van der Waals surface area contributed by atoms with Crippen molar-refractivity contribution in [3.05, 3.63) is 23.8 Å². The van der Waals surface area contributed by atoms with Crippen molar-refractivity contribution in [3.63, 3.8) is 0 Å². The predicted molar refractivity (Wildman–Crippen MR) is 82.1 cm³/mol. The molecule has 0 amide bonds. The Labute approximate surface area is 122 Å². The number of hydrogen-bond acceptors (Lipinski definition) is 3. The lowest BCUT2D eigenvalue weighted by Crippen LogP contribution is -2.36. The van der Waals surface area contributed by atoms with Crippen LogP contribution in [0.5, 0.6) is 5.75 Å². The highest BCUT2D eigenvalue weighted by atomic mass is 16.5. The summed E-state index contributed by atoms with van der Waals surface area (Å²) in [4.78, 5) is 2.43. The van der Waals surface area contributed by atoms with Gasteiger partial charge in [0.2, 0.25) is 0 Å². The monoisotopic (exact) mass is 272 g/mol. The fourth-order valence-corrected chi connectivity index (χ4v) is 3.02. The van der Waals surface area contributed by atoms with Crippen LogP contribution in [-0.4, -0.2) is 19.7 Å². The quantitative estimate of drug-likeness (QED) is 0.813. The number of benzene rings is 1. The number of ether oxygens (including phenoxy) is 1. The molecule has 0 heterocycles. The Balaban J connectivity index is 2.38. The van der Waals surface area contributed by atoms with Crippen LogP contribution in [0.25, 0.3) is 0 Å². The Morgan fingerprint density at radius 1 is 1.35 bits per heavy atom. The standard InChI is InChI=1S/C17H24N2O/c1-13(2)12-19(15-6-4-5-7-15)17-10-16(20-3)9-8-14(17)11-18/h8-10,13,15H,4-7,12H2,1-3H3. The highest BCUT2D eigenvalue weighted by Crippen LogP contribution is 2.33. The van der Waals surface area contributed by atoms with E-state index in [2.05, 4.69) is 24.8 Å². The molecule has 0 radical (unpaired) electrons. The molecule has 3 nitrogen and oxygen atoms in total. The molecular weight excluding hydrogens is 248 g/mol. The van der Waals surface area contributed by atoms with E-state index in [0.29, 0.717) is 12.0 Å². The predicted octanol–water partition coefficient (Wildman–Crippen LogP) is 3.97. The van der Waals surface area contributed by atoms with E-state index in [1.165, 1.54) is 25.7 Å². The van der Waals surface area contributed by atoms with Gasteiger partial charge in [-0.1, -0.05) is 26.7 Å². The van der Waals surface area contributed by atoms with Gasteiger partial charge in [0.25, 0.3) is 0 Å². The molecular formula is C17H24N2O. The van der Waals surface area contributed by atoms with Gasteiger partial charge in [-0.2, -0.15) is 5.26 Å². The molecule has 0 aliphatic heterocycles. The first-order chi connectivity index (χ1) is 9.65. The zero-order chi connectivity index (χ0) is 14.5. The molecule has 1 aliphatic rings. The van der Waals surface area contributed by atoms with Crippen molar-refractivity contribution < 1.29 is 4.74 Å². The molecule has 0 unspecified atom stereocenters. The van der Waals surface area contributed by atoms with Crippen molar-refractivity contribution in [2.75, 3.05) is 18.6 Å². The van der Waals surface area contributed by atoms with E-state index in [4.69, 9.17) is 4.74 Å². The van der Waals surface area contributed by atoms with E-state index in [0.717, 1.165) is 23.5 Å². The second-order valence-corrected chi connectivity index (χ2v) is 5.98. The molecule has 108 valence electrons. The molecule has 0 atom stereocenters. The maximum Gasteiger partial charge on any atom is 0.121 e. The lowest BCUT2D eigenvalue weighted by Gasteiger charge is -2.33. The van der Waals surface area contributed by atoms with Crippen LogP contribution in [0.2, 0.25) is 0 Å². The van der Waals surface area contributed by atoms with Crippen LogP contribution in [-0.2, 0) is 0 Å².